The lowest BCUT2D eigenvalue weighted by Gasteiger charge is -2.09. The first-order valence-electron chi connectivity index (χ1n) is 6.63. The van der Waals surface area contributed by atoms with Gasteiger partial charge in [-0.05, 0) is 24.7 Å². The van der Waals surface area contributed by atoms with E-state index in [0.29, 0.717) is 25.3 Å². The molecule has 0 aliphatic rings. The quantitative estimate of drug-likeness (QED) is 0.619. The highest BCUT2D eigenvalue weighted by Gasteiger charge is 2.15. The molecule has 21 heavy (non-hydrogen) atoms. The predicted octanol–water partition coefficient (Wildman–Crippen LogP) is 1.67. The number of rotatable bonds is 7. The SMILES string of the molecule is CNCc1ccc([N+](=O)[O-])c(OCCc2ccnn2C)c1. The Morgan fingerprint density at radius 1 is 1.43 bits per heavy atom. The van der Waals surface area contributed by atoms with Crippen LogP contribution in [-0.4, -0.2) is 28.4 Å². The van der Waals surface area contributed by atoms with Gasteiger partial charge in [0.05, 0.1) is 11.5 Å². The maximum atomic E-state index is 11.0. The number of ether oxygens (including phenoxy) is 1. The first-order chi connectivity index (χ1) is 10.1. The minimum Gasteiger partial charge on any atom is -0.486 e. The van der Waals surface area contributed by atoms with Crippen molar-refractivity contribution in [1.82, 2.24) is 15.1 Å². The second-order valence-corrected chi connectivity index (χ2v) is 4.63. The highest BCUT2D eigenvalue weighted by atomic mass is 16.6. The molecular formula is C14H18N4O3. The van der Waals surface area contributed by atoms with Crippen LogP contribution in [0.5, 0.6) is 5.75 Å². The molecule has 0 aliphatic heterocycles. The molecule has 2 aromatic rings. The van der Waals surface area contributed by atoms with E-state index in [1.165, 1.54) is 6.07 Å². The molecule has 112 valence electrons. The van der Waals surface area contributed by atoms with E-state index in [4.69, 9.17) is 4.74 Å². The molecule has 0 amide bonds. The maximum Gasteiger partial charge on any atom is 0.310 e. The molecule has 0 saturated heterocycles. The van der Waals surface area contributed by atoms with Crippen LogP contribution in [-0.2, 0) is 20.0 Å². The van der Waals surface area contributed by atoms with E-state index >= 15 is 0 Å². The molecule has 1 aromatic heterocycles. The number of nitrogens with one attached hydrogen (secondary N) is 1. The molecular weight excluding hydrogens is 272 g/mol. The summed E-state index contributed by atoms with van der Waals surface area (Å²) in [6, 6.07) is 6.81. The van der Waals surface area contributed by atoms with Gasteiger partial charge in [0.2, 0.25) is 0 Å². The van der Waals surface area contributed by atoms with E-state index in [0.717, 1.165) is 11.3 Å². The van der Waals surface area contributed by atoms with Gasteiger partial charge < -0.3 is 10.1 Å². The van der Waals surface area contributed by atoms with Crippen LogP contribution in [0.15, 0.2) is 30.5 Å². The lowest BCUT2D eigenvalue weighted by atomic mass is 10.2. The van der Waals surface area contributed by atoms with E-state index in [1.807, 2.05) is 20.2 Å². The van der Waals surface area contributed by atoms with Gasteiger partial charge >= 0.3 is 5.69 Å². The summed E-state index contributed by atoms with van der Waals surface area (Å²) in [4.78, 5) is 10.6. The normalized spacial score (nSPS) is 10.6. The van der Waals surface area contributed by atoms with Crippen LogP contribution < -0.4 is 10.1 Å². The molecule has 0 radical (unpaired) electrons. The van der Waals surface area contributed by atoms with Crippen LogP contribution in [0, 0.1) is 10.1 Å². The summed E-state index contributed by atoms with van der Waals surface area (Å²) in [6.07, 6.45) is 2.36. The largest absolute Gasteiger partial charge is 0.486 e. The van der Waals surface area contributed by atoms with Gasteiger partial charge in [0, 0.05) is 38.0 Å². The monoisotopic (exact) mass is 290 g/mol. The molecule has 7 nitrogen and oxygen atoms in total. The van der Waals surface area contributed by atoms with E-state index < -0.39 is 4.92 Å². The number of aromatic nitrogens is 2. The number of nitrogens with zero attached hydrogens (tertiary/aromatic N) is 3. The fourth-order valence-corrected chi connectivity index (χ4v) is 2.05. The summed E-state index contributed by atoms with van der Waals surface area (Å²) in [7, 11) is 3.68. The third-order valence-electron chi connectivity index (χ3n) is 3.14. The predicted molar refractivity (Wildman–Crippen MR) is 78.3 cm³/mol. The van der Waals surface area contributed by atoms with Gasteiger partial charge in [-0.2, -0.15) is 5.10 Å². The summed E-state index contributed by atoms with van der Waals surface area (Å²) in [5.74, 6) is 0.301. The molecule has 2 rings (SSSR count). The maximum absolute atomic E-state index is 11.0. The number of hydrogen-bond acceptors (Lipinski definition) is 5. The third kappa shape index (κ3) is 3.79. The summed E-state index contributed by atoms with van der Waals surface area (Å²) in [5, 5.41) is 18.1. The first kappa shape index (κ1) is 15.0. The first-order valence-corrected chi connectivity index (χ1v) is 6.63. The smallest absolute Gasteiger partial charge is 0.310 e. The fraction of sp³-hybridized carbons (Fsp3) is 0.357. The highest BCUT2D eigenvalue weighted by molar-refractivity contribution is 5.48. The molecule has 1 aromatic carbocycles. The highest BCUT2D eigenvalue weighted by Crippen LogP contribution is 2.28. The fourth-order valence-electron chi connectivity index (χ4n) is 2.05. The molecule has 7 heteroatoms. The molecule has 0 bridgehead atoms. The zero-order valence-electron chi connectivity index (χ0n) is 12.1. The Hall–Kier alpha value is -2.41. The second-order valence-electron chi connectivity index (χ2n) is 4.63. The van der Waals surface area contributed by atoms with Crippen molar-refractivity contribution in [3.63, 3.8) is 0 Å². The topological polar surface area (TPSA) is 82.2 Å². The Morgan fingerprint density at radius 2 is 2.24 bits per heavy atom. The van der Waals surface area contributed by atoms with Crippen molar-refractivity contribution < 1.29 is 9.66 Å². The minimum atomic E-state index is -0.428. The lowest BCUT2D eigenvalue weighted by molar-refractivity contribution is -0.385. The average Bonchev–Trinajstić information content (AvgIpc) is 2.85. The molecule has 1 heterocycles. The number of nitro benzene ring substituents is 1. The van der Waals surface area contributed by atoms with Crippen molar-refractivity contribution in [2.45, 2.75) is 13.0 Å². The van der Waals surface area contributed by atoms with Crippen molar-refractivity contribution in [3.8, 4) is 5.75 Å². The van der Waals surface area contributed by atoms with Gasteiger partial charge in [-0.3, -0.25) is 14.8 Å². The van der Waals surface area contributed by atoms with Crippen molar-refractivity contribution >= 4 is 5.69 Å². The molecule has 0 spiro atoms. The minimum absolute atomic E-state index is 0.0140. The molecule has 0 aliphatic carbocycles. The zero-order chi connectivity index (χ0) is 15.2. The Labute approximate surface area is 122 Å². The Morgan fingerprint density at radius 3 is 2.86 bits per heavy atom. The third-order valence-corrected chi connectivity index (χ3v) is 3.14. The summed E-state index contributed by atoms with van der Waals surface area (Å²) in [6.45, 7) is 0.999. The van der Waals surface area contributed by atoms with Gasteiger partial charge in [0.1, 0.15) is 0 Å². The average molecular weight is 290 g/mol. The molecule has 0 unspecified atom stereocenters. The van der Waals surface area contributed by atoms with Crippen LogP contribution in [0.25, 0.3) is 0 Å². The van der Waals surface area contributed by atoms with Gasteiger partial charge in [0.25, 0.3) is 0 Å². The Kier molecular flexibility index (Phi) is 4.89. The Balaban J connectivity index is 2.07. The molecule has 0 fully saturated rings. The van der Waals surface area contributed by atoms with Crippen LogP contribution in [0.2, 0.25) is 0 Å². The summed E-state index contributed by atoms with van der Waals surface area (Å²) in [5.41, 5.74) is 1.95. The number of benzene rings is 1. The summed E-state index contributed by atoms with van der Waals surface area (Å²) < 4.78 is 7.36. The molecule has 0 saturated carbocycles. The standard InChI is InChI=1S/C14H18N4O3/c1-15-10-11-3-4-13(18(19)20)14(9-11)21-8-6-12-5-7-16-17(12)2/h3-5,7,9,15H,6,8,10H2,1-2H3. The number of nitro groups is 1. The van der Waals surface area contributed by atoms with Gasteiger partial charge in [-0.25, -0.2) is 0 Å². The Bertz CT molecular complexity index is 624. The van der Waals surface area contributed by atoms with Crippen LogP contribution in [0.4, 0.5) is 5.69 Å². The van der Waals surface area contributed by atoms with Crippen molar-refractivity contribution in [1.29, 1.82) is 0 Å². The van der Waals surface area contributed by atoms with Crippen molar-refractivity contribution in [2.75, 3.05) is 13.7 Å². The van der Waals surface area contributed by atoms with E-state index in [1.54, 1.807) is 23.0 Å². The van der Waals surface area contributed by atoms with Gasteiger partial charge in [-0.15, -0.1) is 0 Å². The van der Waals surface area contributed by atoms with Crippen LogP contribution in [0.1, 0.15) is 11.3 Å². The van der Waals surface area contributed by atoms with Gasteiger partial charge in [0.15, 0.2) is 5.75 Å². The lowest BCUT2D eigenvalue weighted by Crippen LogP contribution is -2.09. The van der Waals surface area contributed by atoms with E-state index in [2.05, 4.69) is 10.4 Å². The number of hydrogen-bond donors (Lipinski definition) is 1. The second kappa shape index (κ2) is 6.85. The number of aryl methyl sites for hydroxylation is 1. The molecule has 0 atom stereocenters. The van der Waals surface area contributed by atoms with E-state index in [-0.39, 0.29) is 5.69 Å². The van der Waals surface area contributed by atoms with Crippen molar-refractivity contribution in [2.24, 2.45) is 7.05 Å². The van der Waals surface area contributed by atoms with Crippen LogP contribution in [0.3, 0.4) is 0 Å². The van der Waals surface area contributed by atoms with Gasteiger partial charge in [-0.1, -0.05) is 6.07 Å². The zero-order valence-corrected chi connectivity index (χ0v) is 12.1. The van der Waals surface area contributed by atoms with E-state index in [9.17, 15) is 10.1 Å². The van der Waals surface area contributed by atoms with Crippen molar-refractivity contribution in [3.05, 3.63) is 51.8 Å². The summed E-state index contributed by atoms with van der Waals surface area (Å²) >= 11 is 0. The van der Waals surface area contributed by atoms with Crippen LogP contribution >= 0.6 is 0 Å². The molecule has 1 N–H and O–H groups in total.